The Morgan fingerprint density at radius 3 is 2.74 bits per heavy atom. The third-order valence-electron chi connectivity index (χ3n) is 4.18. The van der Waals surface area contributed by atoms with E-state index in [-0.39, 0.29) is 12.0 Å². The van der Waals surface area contributed by atoms with Crippen molar-refractivity contribution < 1.29 is 9.53 Å². The molecule has 1 amide bonds. The first-order chi connectivity index (χ1) is 11.0. The molecule has 122 valence electrons. The van der Waals surface area contributed by atoms with Crippen LogP contribution in [0.1, 0.15) is 43.7 Å². The largest absolute Gasteiger partial charge is 0.376 e. The molecule has 0 aromatic heterocycles. The van der Waals surface area contributed by atoms with Gasteiger partial charge in [0.1, 0.15) is 4.32 Å². The number of benzene rings is 1. The molecule has 0 unspecified atom stereocenters. The van der Waals surface area contributed by atoms with Crippen molar-refractivity contribution in [3.05, 3.63) is 40.3 Å². The Morgan fingerprint density at radius 1 is 1.39 bits per heavy atom. The Morgan fingerprint density at radius 2 is 2.13 bits per heavy atom. The molecular weight excluding hydrogens is 326 g/mol. The summed E-state index contributed by atoms with van der Waals surface area (Å²) in [6.45, 7) is 5.71. The van der Waals surface area contributed by atoms with E-state index in [0.717, 1.165) is 25.0 Å². The molecule has 0 radical (unpaired) electrons. The molecule has 23 heavy (non-hydrogen) atoms. The molecule has 2 saturated heterocycles. The second-order valence-corrected chi connectivity index (χ2v) is 7.92. The van der Waals surface area contributed by atoms with Gasteiger partial charge < -0.3 is 4.74 Å². The molecule has 5 heteroatoms. The van der Waals surface area contributed by atoms with Crippen LogP contribution in [0.5, 0.6) is 0 Å². The number of hydrogen-bond donors (Lipinski definition) is 0. The number of amides is 1. The zero-order chi connectivity index (χ0) is 16.4. The van der Waals surface area contributed by atoms with Gasteiger partial charge in [-0.25, -0.2) is 0 Å². The summed E-state index contributed by atoms with van der Waals surface area (Å²) >= 11 is 6.76. The van der Waals surface area contributed by atoms with E-state index in [9.17, 15) is 4.79 Å². The van der Waals surface area contributed by atoms with Crippen molar-refractivity contribution in [2.45, 2.75) is 38.7 Å². The van der Waals surface area contributed by atoms with Crippen LogP contribution in [0.2, 0.25) is 0 Å². The highest BCUT2D eigenvalue weighted by Crippen LogP contribution is 2.33. The molecule has 2 heterocycles. The predicted octanol–water partition coefficient (Wildman–Crippen LogP) is 4.19. The van der Waals surface area contributed by atoms with Crippen molar-refractivity contribution in [2.24, 2.45) is 0 Å². The smallest absolute Gasteiger partial charge is 0.266 e. The SMILES string of the molecule is CC(C)c1ccc(/C=C2\SC(=S)N(C[C@@H]3CCCO3)C2=O)cc1. The topological polar surface area (TPSA) is 29.5 Å². The number of thiocarbonyl (C=S) groups is 1. The zero-order valence-electron chi connectivity index (χ0n) is 13.5. The van der Waals surface area contributed by atoms with E-state index in [2.05, 4.69) is 38.1 Å². The Kier molecular flexibility index (Phi) is 5.19. The summed E-state index contributed by atoms with van der Waals surface area (Å²) in [7, 11) is 0. The number of rotatable bonds is 4. The Labute approximate surface area is 147 Å². The van der Waals surface area contributed by atoms with Gasteiger partial charge in [0.15, 0.2) is 0 Å². The van der Waals surface area contributed by atoms with Crippen LogP contribution in [0.4, 0.5) is 0 Å². The van der Waals surface area contributed by atoms with Crippen LogP contribution in [-0.2, 0) is 9.53 Å². The maximum atomic E-state index is 12.6. The van der Waals surface area contributed by atoms with Crippen molar-refractivity contribution in [3.63, 3.8) is 0 Å². The molecule has 2 aliphatic rings. The summed E-state index contributed by atoms with van der Waals surface area (Å²) in [4.78, 5) is 15.0. The third-order valence-corrected chi connectivity index (χ3v) is 5.56. The van der Waals surface area contributed by atoms with E-state index in [0.29, 0.717) is 21.7 Å². The highest BCUT2D eigenvalue weighted by molar-refractivity contribution is 8.26. The second kappa shape index (κ2) is 7.16. The molecule has 0 spiro atoms. The Hall–Kier alpha value is -1.17. The van der Waals surface area contributed by atoms with Crippen LogP contribution in [0.25, 0.3) is 6.08 Å². The van der Waals surface area contributed by atoms with Gasteiger partial charge in [0, 0.05) is 6.61 Å². The molecular formula is C18H21NO2S2. The predicted molar refractivity (Wildman–Crippen MR) is 99.4 cm³/mol. The number of carbonyl (C=O) groups is 1. The lowest BCUT2D eigenvalue weighted by Gasteiger charge is -2.18. The molecule has 2 fully saturated rings. The molecule has 1 aromatic carbocycles. The lowest BCUT2D eigenvalue weighted by molar-refractivity contribution is -0.123. The van der Waals surface area contributed by atoms with Crippen LogP contribution in [0, 0.1) is 0 Å². The van der Waals surface area contributed by atoms with Gasteiger partial charge in [-0.3, -0.25) is 9.69 Å². The number of thioether (sulfide) groups is 1. The lowest BCUT2D eigenvalue weighted by Crippen LogP contribution is -2.35. The van der Waals surface area contributed by atoms with Gasteiger partial charge in [-0.15, -0.1) is 0 Å². The van der Waals surface area contributed by atoms with Gasteiger partial charge in [-0.05, 0) is 36.0 Å². The molecule has 0 aliphatic carbocycles. The van der Waals surface area contributed by atoms with Crippen LogP contribution < -0.4 is 0 Å². The average Bonchev–Trinajstić information content (AvgIpc) is 3.12. The summed E-state index contributed by atoms with van der Waals surface area (Å²) in [6, 6.07) is 8.34. The monoisotopic (exact) mass is 347 g/mol. The average molecular weight is 348 g/mol. The quantitative estimate of drug-likeness (QED) is 0.603. The van der Waals surface area contributed by atoms with Crippen molar-refractivity contribution in [2.75, 3.05) is 13.2 Å². The minimum Gasteiger partial charge on any atom is -0.376 e. The second-order valence-electron chi connectivity index (χ2n) is 6.25. The van der Waals surface area contributed by atoms with Crippen LogP contribution in [-0.4, -0.2) is 34.4 Å². The lowest BCUT2D eigenvalue weighted by atomic mass is 10.0. The molecule has 0 N–H and O–H groups in total. The first-order valence-electron chi connectivity index (χ1n) is 8.01. The Balaban J connectivity index is 1.72. The van der Waals surface area contributed by atoms with Crippen LogP contribution >= 0.6 is 24.0 Å². The molecule has 0 bridgehead atoms. The fourth-order valence-corrected chi connectivity index (χ4v) is 4.05. The van der Waals surface area contributed by atoms with E-state index >= 15 is 0 Å². The van der Waals surface area contributed by atoms with E-state index in [1.54, 1.807) is 4.90 Å². The van der Waals surface area contributed by atoms with Crippen molar-refractivity contribution in [1.82, 2.24) is 4.90 Å². The van der Waals surface area contributed by atoms with Gasteiger partial charge in [0.05, 0.1) is 17.6 Å². The fourth-order valence-electron chi connectivity index (χ4n) is 2.78. The van der Waals surface area contributed by atoms with Crippen molar-refractivity contribution in [1.29, 1.82) is 0 Å². The minimum absolute atomic E-state index is 0.00318. The van der Waals surface area contributed by atoms with E-state index in [4.69, 9.17) is 17.0 Å². The van der Waals surface area contributed by atoms with Gasteiger partial charge in [-0.1, -0.05) is 62.1 Å². The van der Waals surface area contributed by atoms with Gasteiger partial charge >= 0.3 is 0 Å². The summed E-state index contributed by atoms with van der Waals surface area (Å²) in [6.07, 6.45) is 4.13. The number of ether oxygens (including phenoxy) is 1. The Bertz CT molecular complexity index is 631. The van der Waals surface area contributed by atoms with Crippen molar-refractivity contribution >= 4 is 40.3 Å². The number of nitrogens with zero attached hydrogens (tertiary/aromatic N) is 1. The van der Waals surface area contributed by atoms with Crippen LogP contribution in [0.3, 0.4) is 0 Å². The highest BCUT2D eigenvalue weighted by Gasteiger charge is 2.34. The number of carbonyl (C=O) groups excluding carboxylic acids is 1. The molecule has 1 aromatic rings. The normalized spacial score (nSPS) is 23.5. The zero-order valence-corrected chi connectivity index (χ0v) is 15.1. The number of hydrogen-bond acceptors (Lipinski definition) is 4. The molecule has 3 rings (SSSR count). The van der Waals surface area contributed by atoms with Gasteiger partial charge in [0.25, 0.3) is 5.91 Å². The summed E-state index contributed by atoms with van der Waals surface area (Å²) in [5.41, 5.74) is 2.33. The van der Waals surface area contributed by atoms with E-state index in [1.807, 2.05) is 6.08 Å². The minimum atomic E-state index is 0.00318. The van der Waals surface area contributed by atoms with E-state index in [1.165, 1.54) is 17.3 Å². The highest BCUT2D eigenvalue weighted by atomic mass is 32.2. The van der Waals surface area contributed by atoms with Gasteiger partial charge in [-0.2, -0.15) is 0 Å². The maximum absolute atomic E-state index is 12.6. The molecule has 1 atom stereocenters. The molecule has 2 aliphatic heterocycles. The third kappa shape index (κ3) is 3.84. The first kappa shape index (κ1) is 16.7. The first-order valence-corrected chi connectivity index (χ1v) is 9.24. The molecule has 3 nitrogen and oxygen atoms in total. The summed E-state index contributed by atoms with van der Waals surface area (Å²) in [5.74, 6) is 0.511. The van der Waals surface area contributed by atoms with Gasteiger partial charge in [0.2, 0.25) is 0 Å². The van der Waals surface area contributed by atoms with Crippen molar-refractivity contribution in [3.8, 4) is 0 Å². The summed E-state index contributed by atoms with van der Waals surface area (Å²) in [5, 5.41) is 0. The standard InChI is InChI=1S/C18H21NO2S2/c1-12(2)14-7-5-13(6-8-14)10-16-17(20)19(18(22)23-16)11-15-4-3-9-21-15/h5-8,10,12,15H,3-4,9,11H2,1-2H3/b16-10-/t15-/m0/s1. The fraction of sp³-hybridized carbons (Fsp3) is 0.444. The maximum Gasteiger partial charge on any atom is 0.266 e. The summed E-state index contributed by atoms with van der Waals surface area (Å²) < 4.78 is 6.25. The molecule has 0 saturated carbocycles. The van der Waals surface area contributed by atoms with E-state index < -0.39 is 0 Å². The van der Waals surface area contributed by atoms with Crippen LogP contribution in [0.15, 0.2) is 29.2 Å².